The highest BCUT2D eigenvalue weighted by atomic mass is 32.2. The zero-order valence-electron chi connectivity index (χ0n) is 27.6. The minimum absolute atomic E-state index is 0.0966. The van der Waals surface area contributed by atoms with Gasteiger partial charge in [0.15, 0.2) is 0 Å². The molecule has 0 spiro atoms. The van der Waals surface area contributed by atoms with E-state index in [1.807, 2.05) is 33.5 Å². The van der Waals surface area contributed by atoms with Gasteiger partial charge < -0.3 is 19.6 Å². The van der Waals surface area contributed by atoms with Gasteiger partial charge in [-0.2, -0.15) is 18.3 Å². The lowest BCUT2D eigenvalue weighted by Gasteiger charge is -2.34. The Labute approximate surface area is 275 Å². The summed E-state index contributed by atoms with van der Waals surface area (Å²) in [6.45, 7) is 8.36. The van der Waals surface area contributed by atoms with E-state index in [1.165, 1.54) is 24.2 Å². The van der Waals surface area contributed by atoms with Crippen LogP contribution in [0.25, 0.3) is 11.3 Å². The van der Waals surface area contributed by atoms with Crippen LogP contribution in [0.3, 0.4) is 0 Å². The van der Waals surface area contributed by atoms with Crippen molar-refractivity contribution in [3.05, 3.63) is 35.0 Å². The van der Waals surface area contributed by atoms with E-state index in [0.717, 1.165) is 69.5 Å². The Kier molecular flexibility index (Phi) is 11.8. The van der Waals surface area contributed by atoms with Crippen LogP contribution in [0.1, 0.15) is 68.7 Å². The number of rotatable bonds is 11. The van der Waals surface area contributed by atoms with Gasteiger partial charge in [-0.25, -0.2) is 0 Å². The Bertz CT molecular complexity index is 1350. The number of thioether (sulfide) groups is 1. The number of aryl methyl sites for hydroxylation is 1. The van der Waals surface area contributed by atoms with Crippen molar-refractivity contribution in [1.29, 1.82) is 0 Å². The lowest BCUT2D eigenvalue weighted by atomic mass is 9.92. The van der Waals surface area contributed by atoms with Gasteiger partial charge in [-0.15, -0.1) is 11.8 Å². The highest BCUT2D eigenvalue weighted by Crippen LogP contribution is 2.40. The van der Waals surface area contributed by atoms with Crippen molar-refractivity contribution in [2.75, 3.05) is 65.7 Å². The first-order valence-electron chi connectivity index (χ1n) is 16.9. The topological polar surface area (TPSA) is 64.9 Å². The standard InChI is InChI=1S/C34H49F3N6O2S/c1-4-13-43-29-12-18-42(31(44)21-25-10-16-41(17-11-25)32(45)24-39(2)3)23-27(29)33(38-43)26-8-9-28(34(35,36)37)30(22-26)46-20-19-40-14-6-5-7-15-40/h8-9,22,25H,4-7,10-21,23-24H2,1-3H3. The molecule has 12 heteroatoms. The number of aromatic nitrogens is 2. The van der Waals surface area contributed by atoms with Crippen LogP contribution in [0.2, 0.25) is 0 Å². The number of benzene rings is 1. The molecule has 8 nitrogen and oxygen atoms in total. The molecule has 0 bridgehead atoms. The maximum absolute atomic E-state index is 14.1. The van der Waals surface area contributed by atoms with Crippen molar-refractivity contribution in [2.24, 2.45) is 5.92 Å². The first-order chi connectivity index (χ1) is 22.0. The molecular weight excluding hydrogens is 613 g/mol. The molecule has 1 aromatic heterocycles. The molecule has 2 amide bonds. The van der Waals surface area contributed by atoms with Crippen LogP contribution < -0.4 is 0 Å². The molecule has 2 aromatic rings. The Morgan fingerprint density at radius 1 is 0.978 bits per heavy atom. The molecule has 0 saturated carbocycles. The molecule has 0 radical (unpaired) electrons. The molecule has 0 unspecified atom stereocenters. The lowest BCUT2D eigenvalue weighted by molar-refractivity contribution is -0.140. The van der Waals surface area contributed by atoms with Gasteiger partial charge in [0, 0.05) is 79.6 Å². The smallest absolute Gasteiger partial charge is 0.342 e. The normalized spacial score (nSPS) is 18.3. The van der Waals surface area contributed by atoms with E-state index in [2.05, 4.69) is 11.8 Å². The van der Waals surface area contributed by atoms with Crippen molar-refractivity contribution < 1.29 is 22.8 Å². The molecule has 3 aliphatic rings. The van der Waals surface area contributed by atoms with Crippen molar-refractivity contribution in [3.8, 4) is 11.3 Å². The fourth-order valence-electron chi connectivity index (χ4n) is 6.96. The molecule has 0 N–H and O–H groups in total. The van der Waals surface area contributed by atoms with Gasteiger partial charge in [0.25, 0.3) is 0 Å². The number of hydrogen-bond donors (Lipinski definition) is 0. The van der Waals surface area contributed by atoms with Crippen LogP contribution >= 0.6 is 11.8 Å². The summed E-state index contributed by atoms with van der Waals surface area (Å²) in [6, 6.07) is 4.41. The fourth-order valence-corrected chi connectivity index (χ4v) is 8.08. The summed E-state index contributed by atoms with van der Waals surface area (Å²) in [5, 5.41) is 4.93. The van der Waals surface area contributed by atoms with Gasteiger partial charge in [0.1, 0.15) is 0 Å². The average Bonchev–Trinajstić information content (AvgIpc) is 3.39. The Morgan fingerprint density at radius 2 is 1.72 bits per heavy atom. The fraction of sp³-hybridized carbons (Fsp3) is 0.676. The van der Waals surface area contributed by atoms with Gasteiger partial charge in [-0.05, 0) is 77.3 Å². The van der Waals surface area contributed by atoms with Crippen LogP contribution in [-0.4, -0.2) is 107 Å². The number of amides is 2. The lowest BCUT2D eigenvalue weighted by Crippen LogP contribution is -2.44. The zero-order chi connectivity index (χ0) is 32.8. The summed E-state index contributed by atoms with van der Waals surface area (Å²) >= 11 is 1.27. The second kappa shape index (κ2) is 15.6. The molecular formula is C34H49F3N6O2S. The summed E-state index contributed by atoms with van der Waals surface area (Å²) in [5.74, 6) is 1.06. The van der Waals surface area contributed by atoms with Crippen molar-refractivity contribution in [1.82, 2.24) is 29.4 Å². The average molecular weight is 663 g/mol. The summed E-state index contributed by atoms with van der Waals surface area (Å²) in [4.78, 5) is 34.2. The summed E-state index contributed by atoms with van der Waals surface area (Å²) < 4.78 is 44.2. The van der Waals surface area contributed by atoms with Crippen LogP contribution in [0.5, 0.6) is 0 Å². The van der Waals surface area contributed by atoms with E-state index in [1.54, 1.807) is 12.1 Å². The quantitative estimate of drug-likeness (QED) is 0.291. The molecule has 254 valence electrons. The molecule has 3 aliphatic heterocycles. The molecule has 0 atom stereocenters. The molecule has 1 aromatic carbocycles. The van der Waals surface area contributed by atoms with Gasteiger partial charge in [-0.1, -0.05) is 19.4 Å². The second-order valence-corrected chi connectivity index (χ2v) is 14.4. The van der Waals surface area contributed by atoms with E-state index < -0.39 is 11.7 Å². The van der Waals surface area contributed by atoms with Crippen LogP contribution in [0.4, 0.5) is 13.2 Å². The number of nitrogens with zero attached hydrogens (tertiary/aromatic N) is 6. The predicted molar refractivity (Wildman–Crippen MR) is 176 cm³/mol. The largest absolute Gasteiger partial charge is 0.417 e. The van der Waals surface area contributed by atoms with E-state index in [9.17, 15) is 22.8 Å². The summed E-state index contributed by atoms with van der Waals surface area (Å²) in [5.41, 5.74) is 2.77. The van der Waals surface area contributed by atoms with Gasteiger partial charge >= 0.3 is 6.18 Å². The van der Waals surface area contributed by atoms with Crippen molar-refractivity contribution >= 4 is 23.6 Å². The number of likely N-dealkylation sites (N-methyl/N-ethyl adjacent to an activating group) is 1. The number of hydrogen-bond acceptors (Lipinski definition) is 6. The molecule has 2 fully saturated rings. The third-order valence-electron chi connectivity index (χ3n) is 9.48. The SMILES string of the molecule is CCCn1nc(-c2ccc(C(F)(F)F)c(SCCN3CCCCC3)c2)c2c1CCN(C(=O)CC1CCN(C(=O)CN(C)C)CC1)C2. The van der Waals surface area contributed by atoms with E-state index in [4.69, 9.17) is 5.10 Å². The Morgan fingerprint density at radius 3 is 2.39 bits per heavy atom. The summed E-state index contributed by atoms with van der Waals surface area (Å²) in [7, 11) is 3.77. The second-order valence-electron chi connectivity index (χ2n) is 13.3. The van der Waals surface area contributed by atoms with E-state index in [-0.39, 0.29) is 22.6 Å². The highest BCUT2D eigenvalue weighted by Gasteiger charge is 2.35. The predicted octanol–water partition coefficient (Wildman–Crippen LogP) is 5.63. The third-order valence-corrected chi connectivity index (χ3v) is 10.5. The molecule has 0 aliphatic carbocycles. The number of fused-ring (bicyclic) bond motifs is 1. The maximum atomic E-state index is 14.1. The number of alkyl halides is 3. The first kappa shape index (κ1) is 34.8. The van der Waals surface area contributed by atoms with Crippen LogP contribution in [0, 0.1) is 5.92 Å². The van der Waals surface area contributed by atoms with Gasteiger partial charge in [0.2, 0.25) is 11.8 Å². The number of carbonyl (C=O) groups excluding carboxylic acids is 2. The number of carbonyl (C=O) groups is 2. The van der Waals surface area contributed by atoms with Crippen LogP contribution in [0.15, 0.2) is 23.1 Å². The first-order valence-corrected chi connectivity index (χ1v) is 17.9. The van der Waals surface area contributed by atoms with Crippen LogP contribution in [-0.2, 0) is 35.3 Å². The van der Waals surface area contributed by atoms with Crippen molar-refractivity contribution in [3.63, 3.8) is 0 Å². The van der Waals surface area contributed by atoms with Gasteiger partial charge in [-0.3, -0.25) is 14.3 Å². The highest BCUT2D eigenvalue weighted by molar-refractivity contribution is 7.99. The maximum Gasteiger partial charge on any atom is 0.417 e. The molecule has 2 saturated heterocycles. The van der Waals surface area contributed by atoms with Gasteiger partial charge in [0.05, 0.1) is 17.8 Å². The minimum Gasteiger partial charge on any atom is -0.342 e. The molecule has 4 heterocycles. The minimum atomic E-state index is -4.44. The zero-order valence-corrected chi connectivity index (χ0v) is 28.4. The van der Waals surface area contributed by atoms with E-state index in [0.29, 0.717) is 62.6 Å². The number of likely N-dealkylation sites (tertiary alicyclic amines) is 2. The third kappa shape index (κ3) is 8.66. The molecule has 46 heavy (non-hydrogen) atoms. The monoisotopic (exact) mass is 662 g/mol. The number of halogens is 3. The van der Waals surface area contributed by atoms with Crippen molar-refractivity contribution in [2.45, 2.75) is 82.5 Å². The summed E-state index contributed by atoms with van der Waals surface area (Å²) in [6.07, 6.45) is 2.71. The Hall–Kier alpha value is -2.57. The number of piperidine rings is 2. The molecule has 5 rings (SSSR count). The Balaban J connectivity index is 1.30. The van der Waals surface area contributed by atoms with E-state index >= 15 is 0 Å².